The molecule has 0 radical (unpaired) electrons. The largest absolute Gasteiger partial charge is 0.328 e. The standard InChI is InChI=1S/C15H18ClN3S/c1-10(17)7-13-8-11(2)18-15(19-13)9-20-14-5-3-12(16)4-6-14/h3-6,8,10H,7,9,17H2,1-2H3. The second-order valence-electron chi connectivity index (χ2n) is 4.84. The number of nitrogens with zero attached hydrogens (tertiary/aromatic N) is 2. The van der Waals surface area contributed by atoms with Crippen LogP contribution in [-0.4, -0.2) is 16.0 Å². The molecule has 0 aliphatic rings. The number of aromatic nitrogens is 2. The molecule has 0 aliphatic carbocycles. The van der Waals surface area contributed by atoms with Gasteiger partial charge in [-0.05, 0) is 44.2 Å². The van der Waals surface area contributed by atoms with Gasteiger partial charge < -0.3 is 5.73 Å². The van der Waals surface area contributed by atoms with E-state index in [1.807, 2.05) is 44.2 Å². The monoisotopic (exact) mass is 307 g/mol. The number of nitrogens with two attached hydrogens (primary N) is 1. The second-order valence-corrected chi connectivity index (χ2v) is 6.33. The Bertz CT molecular complexity index is 570. The van der Waals surface area contributed by atoms with E-state index in [4.69, 9.17) is 17.3 Å². The number of hydrogen-bond donors (Lipinski definition) is 1. The highest BCUT2D eigenvalue weighted by Gasteiger charge is 2.05. The zero-order valence-corrected chi connectivity index (χ0v) is 13.2. The van der Waals surface area contributed by atoms with Gasteiger partial charge in [-0.3, -0.25) is 0 Å². The van der Waals surface area contributed by atoms with E-state index in [0.29, 0.717) is 0 Å². The van der Waals surface area contributed by atoms with Crippen LogP contribution in [0.5, 0.6) is 0 Å². The summed E-state index contributed by atoms with van der Waals surface area (Å²) in [5.41, 5.74) is 7.83. The maximum atomic E-state index is 5.87. The van der Waals surface area contributed by atoms with Crippen LogP contribution in [0.3, 0.4) is 0 Å². The fraction of sp³-hybridized carbons (Fsp3) is 0.333. The van der Waals surface area contributed by atoms with Crippen molar-refractivity contribution in [3.05, 3.63) is 52.6 Å². The Labute approximate surface area is 129 Å². The molecule has 0 spiro atoms. The average Bonchev–Trinajstić information content (AvgIpc) is 2.36. The molecule has 20 heavy (non-hydrogen) atoms. The maximum absolute atomic E-state index is 5.87. The Kier molecular flexibility index (Phi) is 5.40. The molecule has 106 valence electrons. The Hall–Kier alpha value is -1.10. The normalized spacial score (nSPS) is 12.4. The van der Waals surface area contributed by atoms with Crippen LogP contribution in [0.1, 0.15) is 24.1 Å². The van der Waals surface area contributed by atoms with Crippen molar-refractivity contribution >= 4 is 23.4 Å². The Morgan fingerprint density at radius 3 is 2.60 bits per heavy atom. The van der Waals surface area contributed by atoms with E-state index in [-0.39, 0.29) is 6.04 Å². The van der Waals surface area contributed by atoms with Gasteiger partial charge in [0.1, 0.15) is 5.82 Å². The maximum Gasteiger partial charge on any atom is 0.139 e. The summed E-state index contributed by atoms with van der Waals surface area (Å²) in [7, 11) is 0. The number of thioether (sulfide) groups is 1. The molecule has 0 fully saturated rings. The van der Waals surface area contributed by atoms with E-state index in [9.17, 15) is 0 Å². The molecule has 2 aromatic rings. The van der Waals surface area contributed by atoms with Gasteiger partial charge in [0.25, 0.3) is 0 Å². The lowest BCUT2D eigenvalue weighted by molar-refractivity contribution is 0.713. The Morgan fingerprint density at radius 1 is 1.25 bits per heavy atom. The zero-order chi connectivity index (χ0) is 14.5. The number of aryl methyl sites for hydroxylation is 1. The minimum absolute atomic E-state index is 0.112. The lowest BCUT2D eigenvalue weighted by Crippen LogP contribution is -2.19. The molecular weight excluding hydrogens is 290 g/mol. The first kappa shape index (κ1) is 15.3. The van der Waals surface area contributed by atoms with Crippen molar-refractivity contribution in [1.82, 2.24) is 9.97 Å². The quantitative estimate of drug-likeness (QED) is 0.857. The summed E-state index contributed by atoms with van der Waals surface area (Å²) < 4.78 is 0. The topological polar surface area (TPSA) is 51.8 Å². The van der Waals surface area contributed by atoms with Crippen molar-refractivity contribution in [2.45, 2.75) is 37.0 Å². The van der Waals surface area contributed by atoms with Crippen LogP contribution in [0.25, 0.3) is 0 Å². The summed E-state index contributed by atoms with van der Waals surface area (Å²) in [5.74, 6) is 1.59. The van der Waals surface area contributed by atoms with Crippen LogP contribution in [0.4, 0.5) is 0 Å². The van der Waals surface area contributed by atoms with Crippen LogP contribution >= 0.6 is 23.4 Å². The molecule has 0 aliphatic heterocycles. The molecule has 1 aromatic carbocycles. The Morgan fingerprint density at radius 2 is 1.95 bits per heavy atom. The van der Waals surface area contributed by atoms with Crippen molar-refractivity contribution in [2.75, 3.05) is 0 Å². The highest BCUT2D eigenvalue weighted by Crippen LogP contribution is 2.23. The summed E-state index contributed by atoms with van der Waals surface area (Å²) >= 11 is 7.58. The molecule has 0 saturated carbocycles. The molecule has 2 N–H and O–H groups in total. The van der Waals surface area contributed by atoms with E-state index < -0.39 is 0 Å². The predicted molar refractivity (Wildman–Crippen MR) is 85.1 cm³/mol. The van der Waals surface area contributed by atoms with Gasteiger partial charge in [0, 0.05) is 33.8 Å². The third-order valence-electron chi connectivity index (χ3n) is 2.67. The minimum Gasteiger partial charge on any atom is -0.328 e. The number of halogens is 1. The van der Waals surface area contributed by atoms with Crippen molar-refractivity contribution in [3.8, 4) is 0 Å². The number of hydrogen-bond acceptors (Lipinski definition) is 4. The summed E-state index contributed by atoms with van der Waals surface area (Å²) in [6, 6.07) is 9.91. The molecule has 1 aromatic heterocycles. The highest BCUT2D eigenvalue weighted by atomic mass is 35.5. The van der Waals surface area contributed by atoms with Gasteiger partial charge in [-0.15, -0.1) is 11.8 Å². The van der Waals surface area contributed by atoms with Crippen molar-refractivity contribution in [1.29, 1.82) is 0 Å². The van der Waals surface area contributed by atoms with Gasteiger partial charge in [-0.25, -0.2) is 9.97 Å². The van der Waals surface area contributed by atoms with Crippen LogP contribution in [0, 0.1) is 6.92 Å². The number of rotatable bonds is 5. The first-order valence-corrected chi connectivity index (χ1v) is 7.86. The molecule has 0 amide bonds. The molecule has 0 bridgehead atoms. The summed E-state index contributed by atoms with van der Waals surface area (Å²) in [6.45, 7) is 3.97. The third-order valence-corrected chi connectivity index (χ3v) is 3.93. The molecule has 2 rings (SSSR count). The molecule has 5 heteroatoms. The summed E-state index contributed by atoms with van der Waals surface area (Å²) in [5, 5.41) is 0.750. The van der Waals surface area contributed by atoms with Gasteiger partial charge in [-0.1, -0.05) is 11.6 Å². The number of benzene rings is 1. The second kappa shape index (κ2) is 7.07. The van der Waals surface area contributed by atoms with Crippen LogP contribution in [0.15, 0.2) is 35.2 Å². The lowest BCUT2D eigenvalue weighted by Gasteiger charge is -2.08. The molecule has 3 nitrogen and oxygen atoms in total. The molecule has 1 heterocycles. The van der Waals surface area contributed by atoms with Gasteiger partial charge >= 0.3 is 0 Å². The molecular formula is C15H18ClN3S. The van der Waals surface area contributed by atoms with E-state index in [1.165, 1.54) is 0 Å². The van der Waals surface area contributed by atoms with Gasteiger partial charge in [0.05, 0.1) is 5.75 Å². The summed E-state index contributed by atoms with van der Waals surface area (Å²) in [4.78, 5) is 10.2. The van der Waals surface area contributed by atoms with Crippen molar-refractivity contribution in [2.24, 2.45) is 5.73 Å². The highest BCUT2D eigenvalue weighted by molar-refractivity contribution is 7.98. The molecule has 1 atom stereocenters. The average molecular weight is 308 g/mol. The zero-order valence-electron chi connectivity index (χ0n) is 11.6. The fourth-order valence-electron chi connectivity index (χ4n) is 1.88. The fourth-order valence-corrected chi connectivity index (χ4v) is 2.76. The first-order valence-electron chi connectivity index (χ1n) is 6.50. The van der Waals surface area contributed by atoms with E-state index in [0.717, 1.165) is 39.3 Å². The van der Waals surface area contributed by atoms with E-state index in [2.05, 4.69) is 9.97 Å². The van der Waals surface area contributed by atoms with Crippen molar-refractivity contribution < 1.29 is 0 Å². The van der Waals surface area contributed by atoms with Crippen LogP contribution in [0.2, 0.25) is 5.02 Å². The van der Waals surface area contributed by atoms with E-state index >= 15 is 0 Å². The summed E-state index contributed by atoms with van der Waals surface area (Å²) in [6.07, 6.45) is 0.780. The minimum atomic E-state index is 0.112. The Balaban J connectivity index is 2.05. The molecule has 0 saturated heterocycles. The van der Waals surface area contributed by atoms with Crippen LogP contribution in [-0.2, 0) is 12.2 Å². The van der Waals surface area contributed by atoms with E-state index in [1.54, 1.807) is 11.8 Å². The van der Waals surface area contributed by atoms with Gasteiger partial charge in [0.15, 0.2) is 0 Å². The lowest BCUT2D eigenvalue weighted by atomic mass is 10.2. The predicted octanol–water partition coefficient (Wildman–Crippen LogP) is 3.62. The van der Waals surface area contributed by atoms with Crippen LogP contribution < -0.4 is 5.73 Å². The SMILES string of the molecule is Cc1cc(CC(C)N)nc(CSc2ccc(Cl)cc2)n1. The first-order chi connectivity index (χ1) is 9.52. The smallest absolute Gasteiger partial charge is 0.139 e. The van der Waals surface area contributed by atoms with Gasteiger partial charge in [-0.2, -0.15) is 0 Å². The third kappa shape index (κ3) is 4.78. The molecule has 1 unspecified atom stereocenters. The van der Waals surface area contributed by atoms with Gasteiger partial charge in [0.2, 0.25) is 0 Å². The van der Waals surface area contributed by atoms with Crippen molar-refractivity contribution in [3.63, 3.8) is 0 Å².